The Hall–Kier alpha value is -2.08. The third-order valence-corrected chi connectivity index (χ3v) is 3.60. The second kappa shape index (κ2) is 7.64. The summed E-state index contributed by atoms with van der Waals surface area (Å²) in [5.74, 6) is -1.01. The average Bonchev–Trinajstić information content (AvgIpc) is 3.04. The van der Waals surface area contributed by atoms with E-state index < -0.39 is 5.92 Å². The molecule has 1 amide bonds. The van der Waals surface area contributed by atoms with Crippen LogP contribution in [0.15, 0.2) is 35.5 Å². The molecule has 0 aromatic heterocycles. The Labute approximate surface area is 124 Å². The van der Waals surface area contributed by atoms with Gasteiger partial charge in [-0.05, 0) is 24.8 Å². The van der Waals surface area contributed by atoms with Crippen LogP contribution in [0.3, 0.4) is 0 Å². The second-order valence-electron chi connectivity index (χ2n) is 5.15. The largest absolute Gasteiger partial charge is 0.409 e. The number of hydrogen-bond acceptors (Lipinski definition) is 4. The third-order valence-electron chi connectivity index (χ3n) is 3.60. The van der Waals surface area contributed by atoms with Crippen molar-refractivity contribution < 1.29 is 14.7 Å². The van der Waals surface area contributed by atoms with E-state index in [2.05, 4.69) is 10.5 Å². The second-order valence-corrected chi connectivity index (χ2v) is 5.15. The monoisotopic (exact) mass is 291 g/mol. The maximum Gasteiger partial charge on any atom is 0.231 e. The van der Waals surface area contributed by atoms with Crippen molar-refractivity contribution in [3.8, 4) is 0 Å². The van der Waals surface area contributed by atoms with Gasteiger partial charge in [-0.1, -0.05) is 35.5 Å². The van der Waals surface area contributed by atoms with Gasteiger partial charge in [-0.25, -0.2) is 0 Å². The first-order valence-electron chi connectivity index (χ1n) is 7.11. The molecule has 2 atom stereocenters. The van der Waals surface area contributed by atoms with Gasteiger partial charge < -0.3 is 21.0 Å². The molecule has 1 aliphatic rings. The maximum absolute atomic E-state index is 12.3. The minimum absolute atomic E-state index is 0.0682. The van der Waals surface area contributed by atoms with Crippen molar-refractivity contribution >= 4 is 11.7 Å². The quantitative estimate of drug-likeness (QED) is 0.314. The van der Waals surface area contributed by atoms with Gasteiger partial charge in [-0.3, -0.25) is 4.79 Å². The lowest BCUT2D eigenvalue weighted by Gasteiger charge is -2.17. The van der Waals surface area contributed by atoms with Gasteiger partial charge in [0, 0.05) is 13.2 Å². The maximum atomic E-state index is 12.3. The van der Waals surface area contributed by atoms with Gasteiger partial charge in [0.05, 0.1) is 6.10 Å². The Morgan fingerprint density at radius 1 is 1.48 bits per heavy atom. The number of nitrogens with one attached hydrogen (secondary N) is 1. The summed E-state index contributed by atoms with van der Waals surface area (Å²) in [4.78, 5) is 12.3. The van der Waals surface area contributed by atoms with Crippen LogP contribution in [0.25, 0.3) is 0 Å². The van der Waals surface area contributed by atoms with Gasteiger partial charge in [-0.2, -0.15) is 0 Å². The van der Waals surface area contributed by atoms with Crippen molar-refractivity contribution in [2.45, 2.75) is 25.4 Å². The molecular weight excluding hydrogens is 270 g/mol. The van der Waals surface area contributed by atoms with Crippen LogP contribution in [0.4, 0.5) is 0 Å². The zero-order valence-corrected chi connectivity index (χ0v) is 11.9. The number of carbonyl (C=O) groups is 1. The number of hydrogen-bond donors (Lipinski definition) is 3. The number of carbonyl (C=O) groups excluding carboxylic acids is 1. The lowest BCUT2D eigenvalue weighted by atomic mass is 9.97. The highest BCUT2D eigenvalue weighted by atomic mass is 16.5. The summed E-state index contributed by atoms with van der Waals surface area (Å²) in [6, 6.07) is 9.50. The predicted octanol–water partition coefficient (Wildman–Crippen LogP) is 0.887. The Bertz CT molecular complexity index is 484. The molecule has 1 heterocycles. The Morgan fingerprint density at radius 2 is 2.24 bits per heavy atom. The van der Waals surface area contributed by atoms with Crippen molar-refractivity contribution in [3.05, 3.63) is 35.9 Å². The summed E-state index contributed by atoms with van der Waals surface area (Å²) >= 11 is 0. The molecule has 6 heteroatoms. The number of amidine groups is 1. The standard InChI is InChI=1S/C15H21N3O3/c16-14(18-20)13(9-11-5-2-1-3-6-11)15(19)17-10-12-7-4-8-21-12/h1-3,5-6,12-13,20H,4,7-10H2,(H2,16,18)(H,17,19). The molecule has 0 radical (unpaired) electrons. The zero-order chi connectivity index (χ0) is 15.1. The zero-order valence-electron chi connectivity index (χ0n) is 11.9. The first-order valence-corrected chi connectivity index (χ1v) is 7.11. The van der Waals surface area contributed by atoms with E-state index in [1.165, 1.54) is 0 Å². The Morgan fingerprint density at radius 3 is 2.86 bits per heavy atom. The molecule has 0 bridgehead atoms. The molecule has 1 aromatic carbocycles. The number of oxime groups is 1. The van der Waals surface area contributed by atoms with Crippen LogP contribution in [0.1, 0.15) is 18.4 Å². The molecule has 114 valence electrons. The first-order chi connectivity index (χ1) is 10.2. The fourth-order valence-electron chi connectivity index (χ4n) is 2.39. The summed E-state index contributed by atoms with van der Waals surface area (Å²) in [5, 5.41) is 14.7. The molecule has 1 aliphatic heterocycles. The lowest BCUT2D eigenvalue weighted by Crippen LogP contribution is -2.42. The smallest absolute Gasteiger partial charge is 0.231 e. The number of nitrogens with two attached hydrogens (primary N) is 1. The van der Waals surface area contributed by atoms with E-state index in [0.717, 1.165) is 25.0 Å². The van der Waals surface area contributed by atoms with Gasteiger partial charge in [0.2, 0.25) is 5.91 Å². The molecule has 21 heavy (non-hydrogen) atoms. The molecule has 0 saturated carbocycles. The summed E-state index contributed by atoms with van der Waals surface area (Å²) in [5.41, 5.74) is 6.62. The Balaban J connectivity index is 1.96. The van der Waals surface area contributed by atoms with Crippen LogP contribution in [0, 0.1) is 5.92 Å². The molecule has 0 spiro atoms. The van der Waals surface area contributed by atoms with Crippen LogP contribution in [0.2, 0.25) is 0 Å². The van der Waals surface area contributed by atoms with Crippen LogP contribution in [0.5, 0.6) is 0 Å². The fraction of sp³-hybridized carbons (Fsp3) is 0.467. The predicted molar refractivity (Wildman–Crippen MR) is 79.0 cm³/mol. The topological polar surface area (TPSA) is 96.9 Å². The highest BCUT2D eigenvalue weighted by Crippen LogP contribution is 2.12. The van der Waals surface area contributed by atoms with Crippen molar-refractivity contribution in [1.82, 2.24) is 5.32 Å². The van der Waals surface area contributed by atoms with E-state index in [4.69, 9.17) is 15.7 Å². The van der Waals surface area contributed by atoms with Crippen molar-refractivity contribution in [2.75, 3.05) is 13.2 Å². The van der Waals surface area contributed by atoms with Crippen LogP contribution in [-0.4, -0.2) is 36.2 Å². The minimum atomic E-state index is -0.682. The number of ether oxygens (including phenoxy) is 1. The molecule has 2 unspecified atom stereocenters. The fourth-order valence-corrected chi connectivity index (χ4v) is 2.39. The van der Waals surface area contributed by atoms with Crippen molar-refractivity contribution in [1.29, 1.82) is 0 Å². The van der Waals surface area contributed by atoms with Gasteiger partial charge in [0.15, 0.2) is 5.84 Å². The number of nitrogens with zero attached hydrogens (tertiary/aromatic N) is 1. The van der Waals surface area contributed by atoms with Gasteiger partial charge in [0.25, 0.3) is 0 Å². The van der Waals surface area contributed by atoms with Crippen LogP contribution < -0.4 is 11.1 Å². The van der Waals surface area contributed by atoms with Gasteiger partial charge in [-0.15, -0.1) is 0 Å². The average molecular weight is 291 g/mol. The van der Waals surface area contributed by atoms with E-state index in [1.807, 2.05) is 30.3 Å². The van der Waals surface area contributed by atoms with Gasteiger partial charge >= 0.3 is 0 Å². The van der Waals surface area contributed by atoms with Crippen LogP contribution >= 0.6 is 0 Å². The van der Waals surface area contributed by atoms with Crippen LogP contribution in [-0.2, 0) is 16.0 Å². The summed E-state index contributed by atoms with van der Waals surface area (Å²) in [7, 11) is 0. The number of benzene rings is 1. The summed E-state index contributed by atoms with van der Waals surface area (Å²) < 4.78 is 5.46. The molecule has 2 rings (SSSR count). The molecular formula is C15H21N3O3. The van der Waals surface area contributed by atoms with E-state index in [1.54, 1.807) is 0 Å². The number of amides is 1. The normalized spacial score (nSPS) is 20.2. The molecule has 6 nitrogen and oxygen atoms in total. The highest BCUT2D eigenvalue weighted by Gasteiger charge is 2.25. The molecule has 0 aliphatic carbocycles. The highest BCUT2D eigenvalue weighted by molar-refractivity contribution is 6.02. The van der Waals surface area contributed by atoms with E-state index >= 15 is 0 Å². The van der Waals surface area contributed by atoms with Crippen molar-refractivity contribution in [3.63, 3.8) is 0 Å². The summed E-state index contributed by atoms with van der Waals surface area (Å²) in [6.07, 6.45) is 2.44. The molecule has 1 fully saturated rings. The lowest BCUT2D eigenvalue weighted by molar-refractivity contribution is -0.123. The minimum Gasteiger partial charge on any atom is -0.409 e. The summed E-state index contributed by atoms with van der Waals surface area (Å²) in [6.45, 7) is 1.21. The first kappa shape index (κ1) is 15.3. The van der Waals surface area contributed by atoms with E-state index in [0.29, 0.717) is 13.0 Å². The van der Waals surface area contributed by atoms with E-state index in [-0.39, 0.29) is 17.8 Å². The molecule has 1 aromatic rings. The number of rotatable bonds is 6. The third kappa shape index (κ3) is 4.46. The molecule has 1 saturated heterocycles. The SMILES string of the molecule is NC(=NO)C(Cc1ccccc1)C(=O)NCC1CCCO1. The Kier molecular flexibility index (Phi) is 5.57. The molecule has 4 N–H and O–H groups in total. The van der Waals surface area contributed by atoms with E-state index in [9.17, 15) is 4.79 Å². The van der Waals surface area contributed by atoms with Gasteiger partial charge in [0.1, 0.15) is 5.92 Å². The van der Waals surface area contributed by atoms with Crippen molar-refractivity contribution in [2.24, 2.45) is 16.8 Å².